The molecule has 0 unspecified atom stereocenters. The number of rotatable bonds is 2. The van der Waals surface area contributed by atoms with Crippen LogP contribution in [0.3, 0.4) is 0 Å². The largest absolute Gasteiger partial charge is 0.461 e. The Labute approximate surface area is 177 Å². The first kappa shape index (κ1) is 19.7. The molecular formula is C25H20F3NO2. The van der Waals surface area contributed by atoms with Crippen molar-refractivity contribution in [1.29, 1.82) is 0 Å². The van der Waals surface area contributed by atoms with Gasteiger partial charge in [-0.3, -0.25) is 4.79 Å². The van der Waals surface area contributed by atoms with Crippen molar-refractivity contribution >= 4 is 23.2 Å². The van der Waals surface area contributed by atoms with Gasteiger partial charge in [0.25, 0.3) is 5.91 Å². The third-order valence-corrected chi connectivity index (χ3v) is 5.94. The summed E-state index contributed by atoms with van der Waals surface area (Å²) in [5, 5.41) is 2.56. The number of amides is 1. The van der Waals surface area contributed by atoms with E-state index in [2.05, 4.69) is 5.32 Å². The minimum atomic E-state index is -4.47. The number of benzene rings is 2. The first-order valence-electron chi connectivity index (χ1n) is 10.3. The minimum absolute atomic E-state index is 0.166. The molecule has 0 fully saturated rings. The number of anilines is 1. The molecule has 0 spiro atoms. The lowest BCUT2D eigenvalue weighted by molar-refractivity contribution is -0.137. The summed E-state index contributed by atoms with van der Waals surface area (Å²) >= 11 is 0. The third kappa shape index (κ3) is 3.46. The number of fused-ring (bicyclic) bond motifs is 2. The SMILES string of the molecule is Cc1ccc(-c2c(C=C3C(=O)Nc4cc(C(F)(F)F)ccc43)oc3c2CCCC3)cc1. The molecule has 1 amide bonds. The molecule has 3 aromatic rings. The van der Waals surface area contributed by atoms with Gasteiger partial charge in [0, 0.05) is 28.8 Å². The molecule has 5 rings (SSSR count). The highest BCUT2D eigenvalue weighted by Crippen LogP contribution is 2.42. The lowest BCUT2D eigenvalue weighted by Gasteiger charge is -2.11. The van der Waals surface area contributed by atoms with Crippen molar-refractivity contribution in [3.8, 4) is 11.1 Å². The van der Waals surface area contributed by atoms with Crippen molar-refractivity contribution < 1.29 is 22.4 Å². The van der Waals surface area contributed by atoms with Gasteiger partial charge in [0.15, 0.2) is 0 Å². The maximum Gasteiger partial charge on any atom is 0.416 e. The summed E-state index contributed by atoms with van der Waals surface area (Å²) < 4.78 is 45.4. The van der Waals surface area contributed by atoms with E-state index in [9.17, 15) is 18.0 Å². The summed E-state index contributed by atoms with van der Waals surface area (Å²) in [6, 6.07) is 11.5. The molecule has 1 aromatic heterocycles. The van der Waals surface area contributed by atoms with Crippen molar-refractivity contribution in [2.75, 3.05) is 5.32 Å². The lowest BCUT2D eigenvalue weighted by atomic mass is 9.90. The number of nitrogens with one attached hydrogen (secondary N) is 1. The van der Waals surface area contributed by atoms with Crippen LogP contribution in [0.1, 0.15) is 46.6 Å². The van der Waals surface area contributed by atoms with E-state index in [4.69, 9.17) is 4.42 Å². The van der Waals surface area contributed by atoms with Gasteiger partial charge < -0.3 is 9.73 Å². The predicted molar refractivity (Wildman–Crippen MR) is 113 cm³/mol. The second kappa shape index (κ2) is 7.15. The lowest BCUT2D eigenvalue weighted by Crippen LogP contribution is -2.06. The predicted octanol–water partition coefficient (Wildman–Crippen LogP) is 6.65. The van der Waals surface area contributed by atoms with E-state index in [1.807, 2.05) is 31.2 Å². The number of hydrogen-bond acceptors (Lipinski definition) is 2. The summed E-state index contributed by atoms with van der Waals surface area (Å²) in [7, 11) is 0. The summed E-state index contributed by atoms with van der Waals surface area (Å²) in [5.74, 6) is 1.08. The van der Waals surface area contributed by atoms with Crippen LogP contribution in [0.5, 0.6) is 0 Å². The van der Waals surface area contributed by atoms with Gasteiger partial charge in [0.05, 0.1) is 11.1 Å². The van der Waals surface area contributed by atoms with Crippen LogP contribution >= 0.6 is 0 Å². The second-order valence-corrected chi connectivity index (χ2v) is 8.09. The average molecular weight is 423 g/mol. The van der Waals surface area contributed by atoms with Gasteiger partial charge >= 0.3 is 6.18 Å². The highest BCUT2D eigenvalue weighted by Gasteiger charge is 2.34. The molecule has 0 saturated heterocycles. The fourth-order valence-electron chi connectivity index (χ4n) is 4.37. The van der Waals surface area contributed by atoms with Crippen LogP contribution in [0.25, 0.3) is 22.8 Å². The standard InChI is InChI=1S/C25H20F3NO2/c1-14-6-8-15(9-7-14)23-18-4-2-3-5-21(18)31-22(23)13-19-17-11-10-16(25(26,27)28)12-20(17)29-24(19)30/h6-13H,2-5H2,1H3,(H,29,30). The first-order chi connectivity index (χ1) is 14.8. The van der Waals surface area contributed by atoms with Crippen molar-refractivity contribution in [3.63, 3.8) is 0 Å². The molecule has 158 valence electrons. The highest BCUT2D eigenvalue weighted by atomic mass is 19.4. The Kier molecular flexibility index (Phi) is 4.54. The fraction of sp³-hybridized carbons (Fsp3) is 0.240. The minimum Gasteiger partial charge on any atom is -0.461 e. The van der Waals surface area contributed by atoms with Gasteiger partial charge in [-0.2, -0.15) is 13.2 Å². The monoisotopic (exact) mass is 423 g/mol. The Balaban J connectivity index is 1.65. The smallest absolute Gasteiger partial charge is 0.416 e. The van der Waals surface area contributed by atoms with E-state index in [0.717, 1.165) is 65.8 Å². The van der Waals surface area contributed by atoms with E-state index in [1.165, 1.54) is 6.07 Å². The summed E-state index contributed by atoms with van der Waals surface area (Å²) in [6.45, 7) is 2.02. The van der Waals surface area contributed by atoms with Crippen LogP contribution in [0.4, 0.5) is 18.9 Å². The highest BCUT2D eigenvalue weighted by molar-refractivity contribution is 6.35. The van der Waals surface area contributed by atoms with Crippen LogP contribution in [0.15, 0.2) is 46.9 Å². The van der Waals surface area contributed by atoms with Crippen LogP contribution in [0, 0.1) is 6.92 Å². The number of furan rings is 1. The number of alkyl halides is 3. The number of hydrogen-bond donors (Lipinski definition) is 1. The Morgan fingerprint density at radius 3 is 2.52 bits per heavy atom. The molecule has 0 saturated carbocycles. The topological polar surface area (TPSA) is 42.2 Å². The molecule has 1 aliphatic heterocycles. The van der Waals surface area contributed by atoms with E-state index in [1.54, 1.807) is 6.08 Å². The Morgan fingerprint density at radius 2 is 1.77 bits per heavy atom. The second-order valence-electron chi connectivity index (χ2n) is 8.09. The average Bonchev–Trinajstić information content (AvgIpc) is 3.25. The van der Waals surface area contributed by atoms with E-state index in [0.29, 0.717) is 16.9 Å². The van der Waals surface area contributed by atoms with E-state index in [-0.39, 0.29) is 5.69 Å². The molecule has 2 aromatic carbocycles. The first-order valence-corrected chi connectivity index (χ1v) is 10.3. The fourth-order valence-corrected chi connectivity index (χ4v) is 4.37. The van der Waals surface area contributed by atoms with Gasteiger partial charge in [-0.05, 0) is 50.0 Å². The molecule has 0 bridgehead atoms. The van der Waals surface area contributed by atoms with Gasteiger partial charge in [0.2, 0.25) is 0 Å². The molecule has 31 heavy (non-hydrogen) atoms. The number of carbonyl (C=O) groups is 1. The van der Waals surface area contributed by atoms with Gasteiger partial charge in [-0.25, -0.2) is 0 Å². The molecule has 2 aliphatic rings. The maximum atomic E-state index is 13.1. The van der Waals surface area contributed by atoms with Crippen LogP contribution < -0.4 is 5.32 Å². The molecule has 3 nitrogen and oxygen atoms in total. The van der Waals surface area contributed by atoms with Crippen LogP contribution in [-0.4, -0.2) is 5.91 Å². The molecule has 1 aliphatic carbocycles. The zero-order valence-corrected chi connectivity index (χ0v) is 16.9. The summed E-state index contributed by atoms with van der Waals surface area (Å²) in [4.78, 5) is 12.6. The quantitative estimate of drug-likeness (QED) is 0.469. The Bertz CT molecular complexity index is 1220. The molecule has 1 N–H and O–H groups in total. The summed E-state index contributed by atoms with van der Waals surface area (Å²) in [5.41, 5.74) is 4.41. The Hall–Kier alpha value is -3.28. The zero-order valence-electron chi connectivity index (χ0n) is 16.9. The van der Waals surface area contributed by atoms with Gasteiger partial charge in [-0.15, -0.1) is 0 Å². The van der Waals surface area contributed by atoms with E-state index >= 15 is 0 Å². The maximum absolute atomic E-state index is 13.1. The number of carbonyl (C=O) groups excluding carboxylic acids is 1. The van der Waals surface area contributed by atoms with Gasteiger partial charge in [0.1, 0.15) is 11.5 Å². The molecular weight excluding hydrogens is 403 g/mol. The van der Waals surface area contributed by atoms with Crippen molar-refractivity contribution in [3.05, 3.63) is 76.2 Å². The number of halogens is 3. The van der Waals surface area contributed by atoms with Crippen molar-refractivity contribution in [2.45, 2.75) is 38.8 Å². The normalized spacial score (nSPS) is 16.9. The zero-order chi connectivity index (χ0) is 21.8. The number of aryl methyl sites for hydroxylation is 2. The molecule has 0 radical (unpaired) electrons. The molecule has 0 atom stereocenters. The molecule has 2 heterocycles. The van der Waals surface area contributed by atoms with Crippen molar-refractivity contribution in [1.82, 2.24) is 0 Å². The van der Waals surface area contributed by atoms with Gasteiger partial charge in [-0.1, -0.05) is 35.9 Å². The Morgan fingerprint density at radius 1 is 1.03 bits per heavy atom. The van der Waals surface area contributed by atoms with Crippen LogP contribution in [-0.2, 0) is 23.8 Å². The molecule has 6 heteroatoms. The third-order valence-electron chi connectivity index (χ3n) is 5.94. The van der Waals surface area contributed by atoms with Crippen molar-refractivity contribution in [2.24, 2.45) is 0 Å². The summed E-state index contributed by atoms with van der Waals surface area (Å²) in [6.07, 6.45) is 1.07. The van der Waals surface area contributed by atoms with E-state index < -0.39 is 17.6 Å². The van der Waals surface area contributed by atoms with Crippen LogP contribution in [0.2, 0.25) is 0 Å².